The maximum Gasteiger partial charge on any atom is 0.192 e. The number of nitriles is 1. The van der Waals surface area contributed by atoms with Crippen LogP contribution in [0.5, 0.6) is 0 Å². The maximum atomic E-state index is 8.92. The summed E-state index contributed by atoms with van der Waals surface area (Å²) in [5.74, 6) is 3.92. The van der Waals surface area contributed by atoms with E-state index in [0.717, 1.165) is 33.6 Å². The van der Waals surface area contributed by atoms with E-state index in [9.17, 15) is 0 Å². The van der Waals surface area contributed by atoms with Gasteiger partial charge < -0.3 is 0 Å². The van der Waals surface area contributed by atoms with Crippen LogP contribution >= 0.6 is 23.1 Å². The summed E-state index contributed by atoms with van der Waals surface area (Å²) in [6.07, 6.45) is 5.56. The lowest BCUT2D eigenvalue weighted by Gasteiger charge is -2.30. The summed E-state index contributed by atoms with van der Waals surface area (Å²) in [7, 11) is 0. The van der Waals surface area contributed by atoms with Gasteiger partial charge in [0.05, 0.1) is 16.7 Å². The highest BCUT2D eigenvalue weighted by molar-refractivity contribution is 7.99. The molecular weight excluding hydrogens is 324 g/mol. The predicted molar refractivity (Wildman–Crippen MR) is 93.3 cm³/mol. The topological polar surface area (TPSA) is 54.5 Å². The molecule has 120 valence electrons. The number of thiophene rings is 1. The summed E-state index contributed by atoms with van der Waals surface area (Å²) in [5.41, 5.74) is 0. The molecule has 0 unspecified atom stereocenters. The van der Waals surface area contributed by atoms with E-state index in [1.54, 1.807) is 11.3 Å². The largest absolute Gasteiger partial charge is 0.298 e. The molecule has 0 spiro atoms. The average molecular weight is 345 g/mol. The molecule has 2 aromatic rings. The molecule has 2 saturated carbocycles. The maximum absolute atomic E-state index is 8.92. The van der Waals surface area contributed by atoms with Crippen LogP contribution in [0, 0.1) is 29.1 Å². The molecule has 2 aromatic heterocycles. The van der Waals surface area contributed by atoms with Crippen molar-refractivity contribution in [2.45, 2.75) is 43.8 Å². The highest BCUT2D eigenvalue weighted by Crippen LogP contribution is 2.53. The van der Waals surface area contributed by atoms with Crippen molar-refractivity contribution < 1.29 is 0 Å². The third-order valence-electron chi connectivity index (χ3n) is 5.49. The molecule has 0 aliphatic heterocycles. The van der Waals surface area contributed by atoms with Crippen molar-refractivity contribution in [1.29, 1.82) is 5.26 Å². The molecule has 2 heterocycles. The molecule has 4 rings (SSSR count). The van der Waals surface area contributed by atoms with E-state index in [2.05, 4.69) is 45.3 Å². The highest BCUT2D eigenvalue weighted by atomic mass is 32.2. The van der Waals surface area contributed by atoms with Crippen molar-refractivity contribution in [3.63, 3.8) is 0 Å². The van der Waals surface area contributed by atoms with Crippen LogP contribution in [0.3, 0.4) is 0 Å². The number of fused-ring (bicyclic) bond motifs is 2. The Kier molecular flexibility index (Phi) is 4.16. The Labute approximate surface area is 144 Å². The molecule has 4 atom stereocenters. The predicted octanol–water partition coefficient (Wildman–Crippen LogP) is 4.62. The minimum Gasteiger partial charge on any atom is -0.298 e. The lowest BCUT2D eigenvalue weighted by atomic mass is 9.84. The highest BCUT2D eigenvalue weighted by Gasteiger charge is 2.43. The molecule has 0 amide bonds. The Balaban J connectivity index is 1.69. The van der Waals surface area contributed by atoms with Gasteiger partial charge in [-0.3, -0.25) is 4.57 Å². The molecular formula is C17H20N4S2. The van der Waals surface area contributed by atoms with Crippen molar-refractivity contribution in [3.05, 3.63) is 17.5 Å². The molecule has 0 aromatic carbocycles. The summed E-state index contributed by atoms with van der Waals surface area (Å²) < 4.78 is 2.30. The van der Waals surface area contributed by atoms with E-state index in [1.165, 1.54) is 37.4 Å². The number of thioether (sulfide) groups is 1. The van der Waals surface area contributed by atoms with E-state index < -0.39 is 0 Å². The van der Waals surface area contributed by atoms with Crippen molar-refractivity contribution >= 4 is 23.1 Å². The minimum atomic E-state index is 0.401. The van der Waals surface area contributed by atoms with Crippen LogP contribution in [0.2, 0.25) is 0 Å². The standard InChI is InChI=1S/C17H20N4S2/c1-11(14-10-12-4-5-13(14)9-12)21-16(15-3-2-7-22-15)19-20-17(21)23-8-6-18/h2-3,7,11-14H,4-5,8-10H2,1H3/t11-,12-,13-,14+/m0/s1. The van der Waals surface area contributed by atoms with Gasteiger partial charge in [-0.2, -0.15) is 5.26 Å². The minimum absolute atomic E-state index is 0.401. The first-order valence-electron chi connectivity index (χ1n) is 8.26. The van der Waals surface area contributed by atoms with Gasteiger partial charge in [0.1, 0.15) is 0 Å². The Hall–Kier alpha value is -1.32. The van der Waals surface area contributed by atoms with Gasteiger partial charge in [0.2, 0.25) is 0 Å². The molecule has 4 nitrogen and oxygen atoms in total. The van der Waals surface area contributed by atoms with E-state index in [4.69, 9.17) is 5.26 Å². The summed E-state index contributed by atoms with van der Waals surface area (Å²) in [5, 5.41) is 20.7. The van der Waals surface area contributed by atoms with E-state index in [-0.39, 0.29) is 0 Å². The average Bonchev–Trinajstić information content (AvgIpc) is 3.35. The zero-order valence-electron chi connectivity index (χ0n) is 13.2. The van der Waals surface area contributed by atoms with Crippen LogP contribution in [-0.4, -0.2) is 20.5 Å². The zero-order valence-corrected chi connectivity index (χ0v) is 14.8. The smallest absolute Gasteiger partial charge is 0.192 e. The first kappa shape index (κ1) is 15.2. The number of aromatic nitrogens is 3. The molecule has 2 aliphatic carbocycles. The summed E-state index contributed by atoms with van der Waals surface area (Å²) in [6, 6.07) is 6.78. The Morgan fingerprint density at radius 1 is 1.43 bits per heavy atom. The second kappa shape index (κ2) is 6.29. The number of nitrogens with zero attached hydrogens (tertiary/aromatic N) is 4. The molecule has 2 bridgehead atoms. The SMILES string of the molecule is C[C@@H]([C@H]1C[C@H]2CC[C@H]1C2)n1c(SCC#N)nnc1-c1cccs1. The van der Waals surface area contributed by atoms with Crippen LogP contribution in [0.25, 0.3) is 10.7 Å². The molecule has 2 aliphatic rings. The molecule has 0 N–H and O–H groups in total. The Bertz CT molecular complexity index is 716. The third kappa shape index (κ3) is 2.70. The third-order valence-corrected chi connectivity index (χ3v) is 7.17. The van der Waals surface area contributed by atoms with Gasteiger partial charge in [-0.25, -0.2) is 0 Å². The molecule has 2 fully saturated rings. The monoisotopic (exact) mass is 344 g/mol. The van der Waals surface area contributed by atoms with Crippen molar-refractivity contribution in [2.24, 2.45) is 17.8 Å². The summed E-state index contributed by atoms with van der Waals surface area (Å²) >= 11 is 3.21. The van der Waals surface area contributed by atoms with Crippen LogP contribution < -0.4 is 0 Å². The number of hydrogen-bond donors (Lipinski definition) is 0. The number of hydrogen-bond acceptors (Lipinski definition) is 5. The van der Waals surface area contributed by atoms with Crippen LogP contribution in [0.15, 0.2) is 22.7 Å². The van der Waals surface area contributed by atoms with Gasteiger partial charge >= 0.3 is 0 Å². The first-order valence-corrected chi connectivity index (χ1v) is 10.1. The van der Waals surface area contributed by atoms with Crippen LogP contribution in [0.4, 0.5) is 0 Å². The fraction of sp³-hybridized carbons (Fsp3) is 0.588. The van der Waals surface area contributed by atoms with Crippen molar-refractivity contribution in [2.75, 3.05) is 5.75 Å². The first-order chi connectivity index (χ1) is 11.3. The van der Waals surface area contributed by atoms with Crippen LogP contribution in [-0.2, 0) is 0 Å². The lowest BCUT2D eigenvalue weighted by molar-refractivity contribution is 0.235. The molecule has 0 radical (unpaired) electrons. The molecule has 23 heavy (non-hydrogen) atoms. The second-order valence-corrected chi connectivity index (χ2v) is 8.57. The summed E-state index contributed by atoms with van der Waals surface area (Å²) in [4.78, 5) is 1.16. The van der Waals surface area contributed by atoms with E-state index in [0.29, 0.717) is 11.8 Å². The van der Waals surface area contributed by atoms with E-state index in [1.807, 2.05) is 0 Å². The van der Waals surface area contributed by atoms with Gasteiger partial charge in [0.25, 0.3) is 0 Å². The van der Waals surface area contributed by atoms with Gasteiger partial charge in [-0.05, 0) is 55.4 Å². The quantitative estimate of drug-likeness (QED) is 0.743. The van der Waals surface area contributed by atoms with Crippen LogP contribution in [0.1, 0.15) is 38.6 Å². The number of rotatable bonds is 5. The van der Waals surface area contributed by atoms with Crippen molar-refractivity contribution in [1.82, 2.24) is 14.8 Å². The van der Waals surface area contributed by atoms with Gasteiger partial charge in [0.15, 0.2) is 11.0 Å². The van der Waals surface area contributed by atoms with Gasteiger partial charge in [-0.15, -0.1) is 21.5 Å². The molecule has 6 heteroatoms. The summed E-state index contributed by atoms with van der Waals surface area (Å²) in [6.45, 7) is 2.32. The fourth-order valence-corrected chi connectivity index (χ4v) is 5.88. The van der Waals surface area contributed by atoms with Gasteiger partial charge in [-0.1, -0.05) is 24.2 Å². The molecule has 0 saturated heterocycles. The van der Waals surface area contributed by atoms with Crippen molar-refractivity contribution in [3.8, 4) is 16.8 Å². The second-order valence-electron chi connectivity index (χ2n) is 6.68. The fourth-order valence-electron chi connectivity index (χ4n) is 4.49. The Morgan fingerprint density at radius 3 is 3.00 bits per heavy atom. The van der Waals surface area contributed by atoms with Gasteiger partial charge in [0, 0.05) is 6.04 Å². The normalized spacial score (nSPS) is 27.2. The Morgan fingerprint density at radius 2 is 2.35 bits per heavy atom. The zero-order chi connectivity index (χ0) is 15.8. The van der Waals surface area contributed by atoms with E-state index >= 15 is 0 Å². The lowest BCUT2D eigenvalue weighted by Crippen LogP contribution is -2.23.